The van der Waals surface area contributed by atoms with Gasteiger partial charge >= 0.3 is 0 Å². The van der Waals surface area contributed by atoms with Gasteiger partial charge in [0, 0.05) is 33.1 Å². The lowest BCUT2D eigenvalue weighted by Gasteiger charge is -2.14. The molecule has 7 aromatic rings. The molecule has 0 amide bonds. The van der Waals surface area contributed by atoms with E-state index in [1.807, 2.05) is 6.07 Å². The molecule has 5 aromatic carbocycles. The zero-order valence-electron chi connectivity index (χ0n) is 21.8. The second-order valence-electron chi connectivity index (χ2n) is 9.79. The molecule has 39 heavy (non-hydrogen) atoms. The van der Waals surface area contributed by atoms with Gasteiger partial charge < -0.3 is 4.57 Å². The van der Waals surface area contributed by atoms with Gasteiger partial charge in [-0.3, -0.25) is 0 Å². The lowest BCUT2D eigenvalue weighted by Crippen LogP contribution is -2.14. The Kier molecular flexibility index (Phi) is 5.83. The minimum absolute atomic E-state index is 0.958. The van der Waals surface area contributed by atoms with Gasteiger partial charge in [-0.25, -0.2) is 4.98 Å². The number of hydrogen-bond donors (Lipinski definition) is 0. The highest BCUT2D eigenvalue weighted by Crippen LogP contribution is 2.34. The average molecular weight is 497 g/mol. The second-order valence-corrected chi connectivity index (χ2v) is 9.79. The third-order valence-corrected chi connectivity index (χ3v) is 7.44. The normalized spacial score (nSPS) is 11.2. The molecular weight excluding hydrogens is 471 g/mol. The molecule has 1 radical (unpaired) electrons. The van der Waals surface area contributed by atoms with Gasteiger partial charge in [-0.15, -0.1) is 0 Å². The zero-order valence-corrected chi connectivity index (χ0v) is 21.8. The lowest BCUT2D eigenvalue weighted by molar-refractivity contribution is 1.18. The molecule has 0 aliphatic rings. The summed E-state index contributed by atoms with van der Waals surface area (Å²) in [5.74, 6) is 0. The highest BCUT2D eigenvalue weighted by Gasteiger charge is 2.16. The van der Waals surface area contributed by atoms with Crippen LogP contribution in [0.4, 0.5) is 0 Å². The fraction of sp³-hybridized carbons (Fsp3) is 0.0278. The third-order valence-electron chi connectivity index (χ3n) is 7.44. The highest BCUT2D eigenvalue weighted by atomic mass is 15.0. The molecule has 0 saturated carbocycles. The summed E-state index contributed by atoms with van der Waals surface area (Å²) in [4.78, 5) is 5.16. The van der Waals surface area contributed by atoms with Crippen LogP contribution in [0.15, 0.2) is 140 Å². The van der Waals surface area contributed by atoms with Crippen LogP contribution in [-0.4, -0.2) is 16.8 Å². The maximum absolute atomic E-state index is 5.16. The summed E-state index contributed by atoms with van der Waals surface area (Å²) >= 11 is 0. The van der Waals surface area contributed by atoms with E-state index in [0.717, 1.165) is 33.8 Å². The predicted molar refractivity (Wildman–Crippen MR) is 166 cm³/mol. The second kappa shape index (κ2) is 9.77. The van der Waals surface area contributed by atoms with Crippen LogP contribution in [0.25, 0.3) is 61.1 Å². The number of nitrogens with zero attached hydrogens (tertiary/aromatic N) is 2. The van der Waals surface area contributed by atoms with Crippen molar-refractivity contribution in [3.8, 4) is 39.3 Å². The van der Waals surface area contributed by atoms with Crippen molar-refractivity contribution < 1.29 is 0 Å². The Morgan fingerprint density at radius 1 is 0.513 bits per heavy atom. The van der Waals surface area contributed by atoms with Gasteiger partial charge in [0.1, 0.15) is 0 Å². The van der Waals surface area contributed by atoms with Crippen LogP contribution >= 0.6 is 0 Å². The monoisotopic (exact) mass is 497 g/mol. The van der Waals surface area contributed by atoms with Crippen LogP contribution in [0.1, 0.15) is 0 Å². The number of fused-ring (bicyclic) bond motifs is 3. The topological polar surface area (TPSA) is 17.8 Å². The van der Waals surface area contributed by atoms with Crippen LogP contribution in [-0.2, 0) is 0 Å². The largest absolute Gasteiger partial charge is 0.310 e. The molecule has 2 heterocycles. The molecule has 0 atom stereocenters. The molecular formula is C36H26BN2. The SMILES string of the molecule is C[B]c1cccc2c3ccccc3n(-c3cccc(-c4cc(-c5ccccc5)cc(-c5ccccc5)n4)c3)c12. The molecule has 3 heteroatoms. The predicted octanol–water partition coefficient (Wildman–Crippen LogP) is 8.56. The Hall–Kier alpha value is -4.89. The van der Waals surface area contributed by atoms with Gasteiger partial charge in [0.05, 0.1) is 16.9 Å². The summed E-state index contributed by atoms with van der Waals surface area (Å²) in [5, 5.41) is 2.53. The number of rotatable bonds is 5. The Morgan fingerprint density at radius 3 is 1.90 bits per heavy atom. The van der Waals surface area contributed by atoms with Crippen molar-refractivity contribution in [3.63, 3.8) is 0 Å². The first kappa shape index (κ1) is 23.2. The maximum Gasteiger partial charge on any atom is 0.151 e. The summed E-state index contributed by atoms with van der Waals surface area (Å²) in [5.41, 5.74) is 11.3. The number of hydrogen-bond acceptors (Lipinski definition) is 1. The quantitative estimate of drug-likeness (QED) is 0.218. The van der Waals surface area contributed by atoms with Crippen molar-refractivity contribution in [1.82, 2.24) is 9.55 Å². The fourth-order valence-corrected chi connectivity index (χ4v) is 5.58. The molecule has 183 valence electrons. The number of aromatic nitrogens is 2. The van der Waals surface area contributed by atoms with Crippen LogP contribution in [0.3, 0.4) is 0 Å². The van der Waals surface area contributed by atoms with E-state index in [-0.39, 0.29) is 0 Å². The minimum Gasteiger partial charge on any atom is -0.310 e. The third kappa shape index (κ3) is 4.13. The van der Waals surface area contributed by atoms with Gasteiger partial charge in [0.2, 0.25) is 0 Å². The van der Waals surface area contributed by atoms with E-state index < -0.39 is 0 Å². The van der Waals surface area contributed by atoms with Crippen LogP contribution < -0.4 is 5.46 Å². The number of pyridine rings is 1. The highest BCUT2D eigenvalue weighted by molar-refractivity contribution is 6.56. The molecule has 7 rings (SSSR count). The van der Waals surface area contributed by atoms with Gasteiger partial charge in [-0.2, -0.15) is 0 Å². The van der Waals surface area contributed by atoms with E-state index >= 15 is 0 Å². The number of para-hydroxylation sites is 2. The van der Waals surface area contributed by atoms with Crippen molar-refractivity contribution >= 4 is 34.5 Å². The van der Waals surface area contributed by atoms with Crippen molar-refractivity contribution in [2.45, 2.75) is 6.82 Å². The summed E-state index contributed by atoms with van der Waals surface area (Å²) in [6, 6.07) is 49.4. The summed E-state index contributed by atoms with van der Waals surface area (Å²) < 4.78 is 2.39. The summed E-state index contributed by atoms with van der Waals surface area (Å²) in [7, 11) is 2.19. The lowest BCUT2D eigenvalue weighted by atomic mass is 9.72. The molecule has 2 nitrogen and oxygen atoms in total. The molecule has 0 unspecified atom stereocenters. The van der Waals surface area contributed by atoms with E-state index in [1.54, 1.807) is 0 Å². The van der Waals surface area contributed by atoms with Gasteiger partial charge in [0.25, 0.3) is 0 Å². The minimum atomic E-state index is 0.958. The first-order chi connectivity index (χ1) is 19.3. The molecule has 0 aliphatic heterocycles. The first-order valence-corrected chi connectivity index (χ1v) is 13.4. The molecule has 0 N–H and O–H groups in total. The standard InChI is InChI=1S/C36H26BN2/c1-37-32-20-11-19-31-30-18-8-9-21-35(30)39(36(31)32)29-17-10-16-27(22-29)34-24-28(25-12-4-2-5-13-25)23-33(38-34)26-14-6-3-7-15-26/h2-24H,1H3. The Balaban J connectivity index is 1.45. The molecule has 0 bridgehead atoms. The van der Waals surface area contributed by atoms with Crippen molar-refractivity contribution in [2.75, 3.05) is 0 Å². The Labute approximate surface area is 229 Å². The van der Waals surface area contributed by atoms with E-state index in [1.165, 1.54) is 32.8 Å². The van der Waals surface area contributed by atoms with E-state index in [0.29, 0.717) is 0 Å². The Morgan fingerprint density at radius 2 is 1.13 bits per heavy atom. The molecule has 0 aliphatic carbocycles. The van der Waals surface area contributed by atoms with Crippen LogP contribution in [0, 0.1) is 0 Å². The van der Waals surface area contributed by atoms with E-state index in [4.69, 9.17) is 4.98 Å². The summed E-state index contributed by atoms with van der Waals surface area (Å²) in [6.45, 7) is 2.11. The first-order valence-electron chi connectivity index (χ1n) is 13.4. The van der Waals surface area contributed by atoms with Gasteiger partial charge in [-0.1, -0.05) is 121 Å². The average Bonchev–Trinajstić information content (AvgIpc) is 3.36. The Bertz CT molecular complexity index is 1880. The molecule has 0 saturated heterocycles. The van der Waals surface area contributed by atoms with E-state index in [9.17, 15) is 0 Å². The fourth-order valence-electron chi connectivity index (χ4n) is 5.58. The van der Waals surface area contributed by atoms with Crippen molar-refractivity contribution in [1.29, 1.82) is 0 Å². The molecule has 2 aromatic heterocycles. The summed E-state index contributed by atoms with van der Waals surface area (Å²) in [6.07, 6.45) is 0. The van der Waals surface area contributed by atoms with Gasteiger partial charge in [0.15, 0.2) is 7.28 Å². The number of benzene rings is 5. The van der Waals surface area contributed by atoms with Crippen molar-refractivity contribution in [2.24, 2.45) is 0 Å². The van der Waals surface area contributed by atoms with Crippen LogP contribution in [0.5, 0.6) is 0 Å². The molecule has 0 spiro atoms. The maximum atomic E-state index is 5.16. The zero-order chi connectivity index (χ0) is 26.2. The van der Waals surface area contributed by atoms with Crippen molar-refractivity contribution in [3.05, 3.63) is 140 Å². The van der Waals surface area contributed by atoms with E-state index in [2.05, 4.69) is 152 Å². The molecule has 0 fully saturated rings. The van der Waals surface area contributed by atoms with Gasteiger partial charge in [-0.05, 0) is 41.5 Å². The smallest absolute Gasteiger partial charge is 0.151 e. The van der Waals surface area contributed by atoms with Crippen LogP contribution in [0.2, 0.25) is 6.82 Å².